The number of phenolic OH excluding ortho intramolecular Hbond substituents is 1. The summed E-state index contributed by atoms with van der Waals surface area (Å²) in [5.74, 6) is -0.465. The predicted molar refractivity (Wildman–Crippen MR) is 101 cm³/mol. The normalized spacial score (nSPS) is 10.5. The van der Waals surface area contributed by atoms with Crippen molar-refractivity contribution in [2.75, 3.05) is 5.32 Å². The molecule has 2 amide bonds. The first kappa shape index (κ1) is 17.9. The lowest BCUT2D eigenvalue weighted by atomic mass is 10.2. The minimum Gasteiger partial charge on any atom is -0.508 e. The summed E-state index contributed by atoms with van der Waals surface area (Å²) >= 11 is 2.13. The quantitative estimate of drug-likeness (QED) is 0.369. The summed E-state index contributed by atoms with van der Waals surface area (Å²) in [6, 6.07) is 13.9. The number of aromatic hydroxyl groups is 1. The lowest BCUT2D eigenvalue weighted by molar-refractivity contribution is -0.124. The molecule has 0 atom stereocenters. The van der Waals surface area contributed by atoms with E-state index in [9.17, 15) is 14.7 Å². The van der Waals surface area contributed by atoms with E-state index < -0.39 is 0 Å². The maximum absolute atomic E-state index is 11.8. The second kappa shape index (κ2) is 9.02. The third kappa shape index (κ3) is 5.99. The highest BCUT2D eigenvalue weighted by Crippen LogP contribution is 2.17. The Morgan fingerprint density at radius 2 is 1.83 bits per heavy atom. The second-order valence-corrected chi connectivity index (χ2v) is 6.08. The topological polar surface area (TPSA) is 90.8 Å². The van der Waals surface area contributed by atoms with Crippen LogP contribution in [-0.4, -0.2) is 23.1 Å². The van der Waals surface area contributed by atoms with Crippen molar-refractivity contribution in [3.05, 3.63) is 57.7 Å². The van der Waals surface area contributed by atoms with E-state index in [1.807, 2.05) is 18.2 Å². The molecule has 0 aliphatic rings. The van der Waals surface area contributed by atoms with E-state index in [0.29, 0.717) is 5.56 Å². The molecule has 0 saturated heterocycles. The average molecular weight is 437 g/mol. The minimum atomic E-state index is -0.357. The molecule has 0 fully saturated rings. The number of carbonyl (C=O) groups excluding carboxylic acids is 2. The molecule has 0 aromatic heterocycles. The minimum absolute atomic E-state index is 0.0344. The number of phenols is 1. The Kier molecular flexibility index (Phi) is 6.74. The van der Waals surface area contributed by atoms with E-state index in [4.69, 9.17) is 0 Å². The zero-order valence-corrected chi connectivity index (χ0v) is 14.9. The highest BCUT2D eigenvalue weighted by molar-refractivity contribution is 14.1. The molecular formula is C17H16IN3O3. The highest BCUT2D eigenvalue weighted by Gasteiger charge is 2.08. The zero-order chi connectivity index (χ0) is 17.4. The SMILES string of the molecule is O=C(CCC(=O)Nc1ccccc1I)NN=Cc1cccc(O)c1. The Labute approximate surface area is 153 Å². The summed E-state index contributed by atoms with van der Waals surface area (Å²) in [5, 5.41) is 15.9. The van der Waals surface area contributed by atoms with E-state index in [1.54, 1.807) is 24.3 Å². The number of hydrogen-bond acceptors (Lipinski definition) is 4. The van der Waals surface area contributed by atoms with Gasteiger partial charge in [-0.2, -0.15) is 5.10 Å². The van der Waals surface area contributed by atoms with Gasteiger partial charge < -0.3 is 10.4 Å². The van der Waals surface area contributed by atoms with Gasteiger partial charge in [-0.1, -0.05) is 24.3 Å². The molecule has 0 bridgehead atoms. The van der Waals surface area contributed by atoms with Crippen molar-refractivity contribution in [2.45, 2.75) is 12.8 Å². The van der Waals surface area contributed by atoms with Crippen LogP contribution in [0.2, 0.25) is 0 Å². The second-order valence-electron chi connectivity index (χ2n) is 4.92. The molecule has 0 aliphatic carbocycles. The summed E-state index contributed by atoms with van der Waals surface area (Å²) in [6.07, 6.45) is 1.52. The lowest BCUT2D eigenvalue weighted by Crippen LogP contribution is -2.20. The molecule has 0 radical (unpaired) electrons. The number of amides is 2. The van der Waals surface area contributed by atoms with Crippen molar-refractivity contribution in [3.63, 3.8) is 0 Å². The summed E-state index contributed by atoms with van der Waals surface area (Å²) in [7, 11) is 0. The van der Waals surface area contributed by atoms with Crippen LogP contribution in [0.3, 0.4) is 0 Å². The largest absolute Gasteiger partial charge is 0.508 e. The molecular weight excluding hydrogens is 421 g/mol. The van der Waals surface area contributed by atoms with Gasteiger partial charge in [-0.15, -0.1) is 0 Å². The summed E-state index contributed by atoms with van der Waals surface area (Å²) in [6.45, 7) is 0. The van der Waals surface area contributed by atoms with E-state index in [1.165, 1.54) is 12.3 Å². The number of rotatable bonds is 6. The lowest BCUT2D eigenvalue weighted by Gasteiger charge is -2.06. The van der Waals surface area contributed by atoms with Crippen molar-refractivity contribution in [1.82, 2.24) is 5.43 Å². The molecule has 0 aliphatic heterocycles. The molecule has 0 spiro atoms. The van der Waals surface area contributed by atoms with Gasteiger partial charge in [0, 0.05) is 16.4 Å². The summed E-state index contributed by atoms with van der Waals surface area (Å²) in [5.41, 5.74) is 3.73. The fourth-order valence-corrected chi connectivity index (χ4v) is 2.36. The molecule has 2 aromatic carbocycles. The highest BCUT2D eigenvalue weighted by atomic mass is 127. The smallest absolute Gasteiger partial charge is 0.240 e. The van der Waals surface area contributed by atoms with Gasteiger partial charge in [0.25, 0.3) is 0 Å². The Hall–Kier alpha value is -2.42. The van der Waals surface area contributed by atoms with Gasteiger partial charge in [0.1, 0.15) is 5.75 Å². The Bertz CT molecular complexity index is 762. The van der Waals surface area contributed by atoms with E-state index >= 15 is 0 Å². The monoisotopic (exact) mass is 437 g/mol. The van der Waals surface area contributed by atoms with Crippen LogP contribution in [0.1, 0.15) is 18.4 Å². The molecule has 3 N–H and O–H groups in total. The number of benzene rings is 2. The maximum Gasteiger partial charge on any atom is 0.240 e. The number of anilines is 1. The molecule has 2 aromatic rings. The first-order valence-corrected chi connectivity index (χ1v) is 8.28. The van der Waals surface area contributed by atoms with Crippen LogP contribution < -0.4 is 10.7 Å². The van der Waals surface area contributed by atoms with Crippen LogP contribution in [0.15, 0.2) is 53.6 Å². The Morgan fingerprint density at radius 3 is 2.58 bits per heavy atom. The molecule has 0 saturated carbocycles. The molecule has 6 nitrogen and oxygen atoms in total. The molecule has 7 heteroatoms. The van der Waals surface area contributed by atoms with Gasteiger partial charge in [-0.05, 0) is 52.4 Å². The van der Waals surface area contributed by atoms with Gasteiger partial charge in [0.15, 0.2) is 0 Å². The van der Waals surface area contributed by atoms with Gasteiger partial charge in [-0.25, -0.2) is 5.43 Å². The van der Waals surface area contributed by atoms with E-state index in [0.717, 1.165) is 9.26 Å². The fraction of sp³-hybridized carbons (Fsp3) is 0.118. The van der Waals surface area contributed by atoms with Gasteiger partial charge in [0.2, 0.25) is 11.8 Å². The van der Waals surface area contributed by atoms with E-state index in [-0.39, 0.29) is 30.4 Å². The number of nitrogens with zero attached hydrogens (tertiary/aromatic N) is 1. The predicted octanol–water partition coefficient (Wildman–Crippen LogP) is 2.87. The molecule has 24 heavy (non-hydrogen) atoms. The first-order chi connectivity index (χ1) is 11.5. The van der Waals surface area contributed by atoms with Crippen LogP contribution >= 0.6 is 22.6 Å². The van der Waals surface area contributed by atoms with Crippen molar-refractivity contribution < 1.29 is 14.7 Å². The fourth-order valence-electron chi connectivity index (χ4n) is 1.84. The van der Waals surface area contributed by atoms with Gasteiger partial charge >= 0.3 is 0 Å². The molecule has 0 unspecified atom stereocenters. The zero-order valence-electron chi connectivity index (χ0n) is 12.7. The van der Waals surface area contributed by atoms with Crippen molar-refractivity contribution in [3.8, 4) is 5.75 Å². The third-order valence-corrected chi connectivity index (χ3v) is 3.94. The molecule has 0 heterocycles. The number of carbonyl (C=O) groups is 2. The third-order valence-electron chi connectivity index (χ3n) is 3.00. The first-order valence-electron chi connectivity index (χ1n) is 7.20. The summed E-state index contributed by atoms with van der Waals surface area (Å²) in [4.78, 5) is 23.5. The molecule has 124 valence electrons. The van der Waals surface area contributed by atoms with Crippen LogP contribution in [0.5, 0.6) is 5.75 Å². The van der Waals surface area contributed by atoms with Crippen LogP contribution in [0.25, 0.3) is 0 Å². The van der Waals surface area contributed by atoms with Crippen LogP contribution in [0, 0.1) is 3.57 Å². The molecule has 2 rings (SSSR count). The summed E-state index contributed by atoms with van der Waals surface area (Å²) < 4.78 is 0.934. The Morgan fingerprint density at radius 1 is 1.08 bits per heavy atom. The Balaban J connectivity index is 1.75. The van der Waals surface area contributed by atoms with Gasteiger partial charge in [0.05, 0.1) is 11.9 Å². The number of hydrazone groups is 1. The maximum atomic E-state index is 11.8. The number of hydrogen-bond donors (Lipinski definition) is 3. The standard InChI is InChI=1S/C17H16IN3O3/c18-14-6-1-2-7-15(14)20-16(23)8-9-17(24)21-19-11-12-4-3-5-13(22)10-12/h1-7,10-11,22H,8-9H2,(H,20,23)(H,21,24). The van der Waals surface area contributed by atoms with Gasteiger partial charge in [-0.3, -0.25) is 9.59 Å². The van der Waals surface area contributed by atoms with Crippen molar-refractivity contribution >= 4 is 46.3 Å². The average Bonchev–Trinajstić information content (AvgIpc) is 2.55. The van der Waals surface area contributed by atoms with Crippen molar-refractivity contribution in [1.29, 1.82) is 0 Å². The van der Waals surface area contributed by atoms with E-state index in [2.05, 4.69) is 38.4 Å². The number of nitrogens with one attached hydrogen (secondary N) is 2. The van der Waals surface area contributed by atoms with Crippen LogP contribution in [0.4, 0.5) is 5.69 Å². The number of para-hydroxylation sites is 1. The number of halogens is 1. The van der Waals surface area contributed by atoms with Crippen LogP contribution in [-0.2, 0) is 9.59 Å². The van der Waals surface area contributed by atoms with Crippen molar-refractivity contribution in [2.24, 2.45) is 5.10 Å².